The van der Waals surface area contributed by atoms with Gasteiger partial charge in [0.05, 0.1) is 24.7 Å². The standard InChI is InChI=1S/C18H19NO5/c1-4-12-7-5-8-13(12)11-16(23-2)17-14(18(20)24-3)9-6-10-15(17)19(21)22/h4,6,9-11H,1,5,7-8H2,2-3H3/b16-11+. The van der Waals surface area contributed by atoms with Crippen LogP contribution in [0.2, 0.25) is 0 Å². The lowest BCUT2D eigenvalue weighted by Crippen LogP contribution is -2.09. The lowest BCUT2D eigenvalue weighted by atomic mass is 10.0. The topological polar surface area (TPSA) is 78.7 Å². The molecule has 0 fully saturated rings. The highest BCUT2D eigenvalue weighted by Gasteiger charge is 2.26. The van der Waals surface area contributed by atoms with Crippen LogP contribution in [0.15, 0.2) is 48.1 Å². The first-order valence-corrected chi connectivity index (χ1v) is 7.49. The molecular formula is C18H19NO5. The van der Waals surface area contributed by atoms with E-state index in [2.05, 4.69) is 6.58 Å². The summed E-state index contributed by atoms with van der Waals surface area (Å²) in [7, 11) is 2.66. The lowest BCUT2D eigenvalue weighted by Gasteiger charge is -2.12. The van der Waals surface area contributed by atoms with Crippen molar-refractivity contribution in [1.29, 1.82) is 0 Å². The number of nitro benzene ring substituents is 1. The van der Waals surface area contributed by atoms with Gasteiger partial charge in [0.25, 0.3) is 5.69 Å². The summed E-state index contributed by atoms with van der Waals surface area (Å²) < 4.78 is 10.1. The van der Waals surface area contributed by atoms with Crippen molar-refractivity contribution in [1.82, 2.24) is 0 Å². The normalized spacial score (nSPS) is 14.5. The third-order valence-corrected chi connectivity index (χ3v) is 3.97. The summed E-state index contributed by atoms with van der Waals surface area (Å²) in [6.07, 6.45) is 6.27. The van der Waals surface area contributed by atoms with E-state index in [1.807, 2.05) is 0 Å². The highest BCUT2D eigenvalue weighted by molar-refractivity contribution is 5.97. The summed E-state index contributed by atoms with van der Waals surface area (Å²) in [5, 5.41) is 11.4. The Morgan fingerprint density at radius 3 is 2.54 bits per heavy atom. The second-order valence-electron chi connectivity index (χ2n) is 5.27. The quantitative estimate of drug-likeness (QED) is 0.341. The Balaban J connectivity index is 2.69. The van der Waals surface area contributed by atoms with Crippen molar-refractivity contribution in [2.75, 3.05) is 14.2 Å². The van der Waals surface area contributed by atoms with Crippen LogP contribution in [-0.4, -0.2) is 25.1 Å². The van der Waals surface area contributed by atoms with E-state index in [4.69, 9.17) is 9.47 Å². The number of allylic oxidation sites excluding steroid dienone is 4. The number of rotatable bonds is 6. The molecule has 0 saturated carbocycles. The zero-order chi connectivity index (χ0) is 17.7. The van der Waals surface area contributed by atoms with Crippen LogP contribution < -0.4 is 0 Å². The number of nitrogens with zero attached hydrogens (tertiary/aromatic N) is 1. The fourth-order valence-electron chi connectivity index (χ4n) is 2.81. The van der Waals surface area contributed by atoms with E-state index in [1.54, 1.807) is 12.2 Å². The summed E-state index contributed by atoms with van der Waals surface area (Å²) >= 11 is 0. The second kappa shape index (κ2) is 7.59. The van der Waals surface area contributed by atoms with Crippen LogP contribution >= 0.6 is 0 Å². The van der Waals surface area contributed by atoms with Gasteiger partial charge in [-0.15, -0.1) is 0 Å². The van der Waals surface area contributed by atoms with Crippen LogP contribution in [0, 0.1) is 10.1 Å². The molecule has 0 saturated heterocycles. The fourth-order valence-corrected chi connectivity index (χ4v) is 2.81. The number of esters is 1. The highest BCUT2D eigenvalue weighted by atomic mass is 16.6. The van der Waals surface area contributed by atoms with Gasteiger partial charge in [-0.1, -0.05) is 18.7 Å². The Morgan fingerprint density at radius 1 is 1.25 bits per heavy atom. The van der Waals surface area contributed by atoms with E-state index in [1.165, 1.54) is 32.4 Å². The molecule has 1 aliphatic carbocycles. The van der Waals surface area contributed by atoms with Gasteiger partial charge in [0.15, 0.2) is 0 Å². The first-order chi connectivity index (χ1) is 11.5. The molecule has 6 nitrogen and oxygen atoms in total. The molecule has 0 radical (unpaired) electrons. The third kappa shape index (κ3) is 3.37. The zero-order valence-corrected chi connectivity index (χ0v) is 13.7. The van der Waals surface area contributed by atoms with Crippen molar-refractivity contribution in [2.24, 2.45) is 0 Å². The number of carbonyl (C=O) groups excluding carboxylic acids is 1. The van der Waals surface area contributed by atoms with Crippen molar-refractivity contribution in [3.63, 3.8) is 0 Å². The molecule has 0 atom stereocenters. The van der Waals surface area contributed by atoms with Gasteiger partial charge < -0.3 is 9.47 Å². The van der Waals surface area contributed by atoms with E-state index < -0.39 is 10.9 Å². The highest BCUT2D eigenvalue weighted by Crippen LogP contribution is 2.35. The summed E-state index contributed by atoms with van der Waals surface area (Å²) in [6.45, 7) is 3.79. The average molecular weight is 329 g/mol. The van der Waals surface area contributed by atoms with Crippen molar-refractivity contribution in [2.45, 2.75) is 19.3 Å². The second-order valence-corrected chi connectivity index (χ2v) is 5.27. The molecule has 1 aromatic rings. The Bertz CT molecular complexity index is 746. The van der Waals surface area contributed by atoms with Crippen LogP contribution in [0.4, 0.5) is 5.69 Å². The summed E-state index contributed by atoms with van der Waals surface area (Å²) in [6, 6.07) is 4.27. The van der Waals surface area contributed by atoms with Gasteiger partial charge in [-0.25, -0.2) is 4.79 Å². The van der Waals surface area contributed by atoms with Gasteiger partial charge in [-0.3, -0.25) is 10.1 Å². The maximum Gasteiger partial charge on any atom is 0.338 e. The SMILES string of the molecule is C=CC1=C(/C=C(/OC)c2c(C(=O)OC)cccc2[N+](=O)[O-])CCC1. The van der Waals surface area contributed by atoms with E-state index in [9.17, 15) is 14.9 Å². The molecule has 0 aliphatic heterocycles. The monoisotopic (exact) mass is 329 g/mol. The largest absolute Gasteiger partial charge is 0.496 e. The molecule has 0 heterocycles. The van der Waals surface area contributed by atoms with Crippen LogP contribution in [-0.2, 0) is 9.47 Å². The molecule has 0 aromatic heterocycles. The van der Waals surface area contributed by atoms with Gasteiger partial charge in [0.1, 0.15) is 11.3 Å². The molecule has 2 rings (SSSR count). The van der Waals surface area contributed by atoms with Gasteiger partial charge >= 0.3 is 5.97 Å². The van der Waals surface area contributed by atoms with Crippen LogP contribution in [0.25, 0.3) is 5.76 Å². The Labute approximate surface area is 140 Å². The Kier molecular flexibility index (Phi) is 5.52. The average Bonchev–Trinajstić information content (AvgIpc) is 3.05. The first kappa shape index (κ1) is 17.5. The predicted octanol–water partition coefficient (Wildman–Crippen LogP) is 4.04. The van der Waals surface area contributed by atoms with Crippen molar-refractivity contribution >= 4 is 17.4 Å². The van der Waals surface area contributed by atoms with Crippen LogP contribution in [0.5, 0.6) is 0 Å². The van der Waals surface area contributed by atoms with E-state index in [-0.39, 0.29) is 22.6 Å². The first-order valence-electron chi connectivity index (χ1n) is 7.49. The maximum atomic E-state index is 12.0. The van der Waals surface area contributed by atoms with Gasteiger partial charge in [0.2, 0.25) is 0 Å². The molecule has 0 bridgehead atoms. The fraction of sp³-hybridized carbons (Fsp3) is 0.278. The molecule has 126 valence electrons. The zero-order valence-electron chi connectivity index (χ0n) is 13.7. The molecular weight excluding hydrogens is 310 g/mol. The molecule has 1 aliphatic rings. The third-order valence-electron chi connectivity index (χ3n) is 3.97. The number of hydrogen-bond donors (Lipinski definition) is 0. The minimum absolute atomic E-state index is 0.0959. The minimum atomic E-state index is -0.652. The summed E-state index contributed by atoms with van der Waals surface area (Å²) in [5.41, 5.74) is 2.11. The number of hydrogen-bond acceptors (Lipinski definition) is 5. The molecule has 0 unspecified atom stereocenters. The van der Waals surface area contributed by atoms with Crippen molar-refractivity contribution in [3.8, 4) is 0 Å². The Morgan fingerprint density at radius 2 is 1.96 bits per heavy atom. The van der Waals surface area contributed by atoms with E-state index in [0.717, 1.165) is 30.4 Å². The van der Waals surface area contributed by atoms with Gasteiger partial charge in [-0.05, 0) is 42.6 Å². The van der Waals surface area contributed by atoms with E-state index >= 15 is 0 Å². The predicted molar refractivity (Wildman–Crippen MR) is 90.5 cm³/mol. The van der Waals surface area contributed by atoms with Crippen molar-refractivity contribution in [3.05, 3.63) is 69.3 Å². The molecule has 1 aromatic carbocycles. The number of methoxy groups -OCH3 is 2. The number of nitro groups is 1. The van der Waals surface area contributed by atoms with E-state index in [0.29, 0.717) is 0 Å². The number of carbonyl (C=O) groups is 1. The van der Waals surface area contributed by atoms with Crippen LogP contribution in [0.3, 0.4) is 0 Å². The summed E-state index contributed by atoms with van der Waals surface area (Å²) in [4.78, 5) is 22.9. The molecule has 6 heteroatoms. The maximum absolute atomic E-state index is 12.0. The lowest BCUT2D eigenvalue weighted by molar-refractivity contribution is -0.385. The molecule has 0 spiro atoms. The number of ether oxygens (including phenoxy) is 2. The van der Waals surface area contributed by atoms with Gasteiger partial charge in [0, 0.05) is 6.07 Å². The van der Waals surface area contributed by atoms with Gasteiger partial charge in [-0.2, -0.15) is 0 Å². The minimum Gasteiger partial charge on any atom is -0.496 e. The summed E-state index contributed by atoms with van der Waals surface area (Å²) in [5.74, 6) is -0.389. The molecule has 0 amide bonds. The molecule has 0 N–H and O–H groups in total. The number of benzene rings is 1. The van der Waals surface area contributed by atoms with Crippen molar-refractivity contribution < 1.29 is 19.2 Å². The Hall–Kier alpha value is -2.89. The molecule has 24 heavy (non-hydrogen) atoms. The smallest absolute Gasteiger partial charge is 0.338 e. The van der Waals surface area contributed by atoms with Crippen LogP contribution in [0.1, 0.15) is 35.2 Å².